The second-order valence-electron chi connectivity index (χ2n) is 2.48. The summed E-state index contributed by atoms with van der Waals surface area (Å²) in [6.45, 7) is 1.50. The number of carbonyl (C=O) groups excluding carboxylic acids is 1. The van der Waals surface area contributed by atoms with Gasteiger partial charge in [-0.15, -0.1) is 9.78 Å². The maximum Gasteiger partial charge on any atom is 0.446 e. The van der Waals surface area contributed by atoms with E-state index in [1.807, 2.05) is 0 Å². The number of nitrogens with zero attached hydrogens (tertiary/aromatic N) is 3. The van der Waals surface area contributed by atoms with Crippen LogP contribution >= 0.6 is 0 Å². The Hall–Kier alpha value is -1.59. The molecule has 0 aliphatic rings. The predicted molar refractivity (Wildman–Crippen MR) is 46.7 cm³/mol. The lowest BCUT2D eigenvalue weighted by Crippen LogP contribution is -2.34. The van der Waals surface area contributed by atoms with Crippen LogP contribution in [0.5, 0.6) is 0 Å². The van der Waals surface area contributed by atoms with Crippen LogP contribution in [0.4, 0.5) is 4.79 Å². The SMILES string of the molecule is C.Cc1nn(C(=O)N(C)C)c(=O)o1. The summed E-state index contributed by atoms with van der Waals surface area (Å²) in [6.07, 6.45) is 0. The van der Waals surface area contributed by atoms with Crippen molar-refractivity contribution < 1.29 is 9.21 Å². The van der Waals surface area contributed by atoms with Crippen molar-refractivity contribution in [2.24, 2.45) is 0 Å². The molecule has 0 spiro atoms. The van der Waals surface area contributed by atoms with Crippen molar-refractivity contribution in [1.29, 1.82) is 0 Å². The minimum absolute atomic E-state index is 0. The Balaban J connectivity index is 0.00000144. The van der Waals surface area contributed by atoms with Gasteiger partial charge in [-0.2, -0.15) is 0 Å². The van der Waals surface area contributed by atoms with E-state index in [2.05, 4.69) is 9.52 Å². The quantitative estimate of drug-likeness (QED) is 0.586. The highest BCUT2D eigenvalue weighted by Gasteiger charge is 2.13. The third-order valence-electron chi connectivity index (χ3n) is 1.21. The lowest BCUT2D eigenvalue weighted by Gasteiger charge is -2.06. The molecule has 6 heteroatoms. The Kier molecular flexibility index (Phi) is 3.41. The molecule has 1 rings (SSSR count). The van der Waals surface area contributed by atoms with Gasteiger partial charge in [-0.05, 0) is 0 Å². The Bertz CT molecular complexity index is 350. The van der Waals surface area contributed by atoms with Crippen LogP contribution in [0.2, 0.25) is 0 Å². The zero-order valence-corrected chi connectivity index (χ0v) is 7.07. The minimum Gasteiger partial charge on any atom is -0.392 e. The number of hydrogen-bond acceptors (Lipinski definition) is 4. The standard InChI is InChI=1S/C6H9N3O3.CH4/c1-4-7-9(6(11)12-4)5(10)8(2)3;/h1-3H3;1H4. The minimum atomic E-state index is -0.758. The number of amides is 1. The fraction of sp³-hybridized carbons (Fsp3) is 0.571. The molecule has 1 aromatic heterocycles. The van der Waals surface area contributed by atoms with E-state index in [1.54, 1.807) is 0 Å². The predicted octanol–water partition coefficient (Wildman–Crippen LogP) is 0.311. The van der Waals surface area contributed by atoms with Gasteiger partial charge in [0, 0.05) is 21.0 Å². The maximum atomic E-state index is 11.1. The summed E-state index contributed by atoms with van der Waals surface area (Å²) in [6, 6.07) is -0.517. The Labute approximate surface area is 75.8 Å². The highest BCUT2D eigenvalue weighted by molar-refractivity contribution is 5.74. The van der Waals surface area contributed by atoms with Crippen LogP contribution < -0.4 is 5.76 Å². The van der Waals surface area contributed by atoms with Crippen LogP contribution in [0.15, 0.2) is 9.21 Å². The van der Waals surface area contributed by atoms with Crippen molar-refractivity contribution in [3.05, 3.63) is 16.4 Å². The van der Waals surface area contributed by atoms with Gasteiger partial charge in [0.1, 0.15) is 0 Å². The number of aromatic nitrogens is 2. The molecular weight excluding hydrogens is 174 g/mol. The zero-order valence-electron chi connectivity index (χ0n) is 7.07. The van der Waals surface area contributed by atoms with Gasteiger partial charge in [-0.25, -0.2) is 9.59 Å². The first kappa shape index (κ1) is 11.4. The molecule has 0 saturated carbocycles. The largest absolute Gasteiger partial charge is 0.446 e. The lowest BCUT2D eigenvalue weighted by atomic mass is 10.8. The lowest BCUT2D eigenvalue weighted by molar-refractivity contribution is 0.214. The summed E-state index contributed by atoms with van der Waals surface area (Å²) in [5.41, 5.74) is 0. The molecule has 0 unspecified atom stereocenters. The van der Waals surface area contributed by atoms with Crippen molar-refractivity contribution in [1.82, 2.24) is 14.7 Å². The first-order valence-electron chi connectivity index (χ1n) is 3.31. The smallest absolute Gasteiger partial charge is 0.392 e. The topological polar surface area (TPSA) is 68.3 Å². The Morgan fingerprint density at radius 3 is 2.38 bits per heavy atom. The van der Waals surface area contributed by atoms with E-state index in [9.17, 15) is 9.59 Å². The first-order valence-corrected chi connectivity index (χ1v) is 3.31. The zero-order chi connectivity index (χ0) is 9.30. The molecule has 6 nitrogen and oxygen atoms in total. The van der Waals surface area contributed by atoms with Gasteiger partial charge >= 0.3 is 11.8 Å². The summed E-state index contributed by atoms with van der Waals surface area (Å²) >= 11 is 0. The van der Waals surface area contributed by atoms with Crippen LogP contribution in [0, 0.1) is 6.92 Å². The average molecular weight is 187 g/mol. The normalized spacial score (nSPS) is 9.15. The fourth-order valence-corrected chi connectivity index (χ4v) is 0.682. The average Bonchev–Trinajstić information content (AvgIpc) is 2.28. The number of carbonyl (C=O) groups is 1. The van der Waals surface area contributed by atoms with E-state index >= 15 is 0 Å². The van der Waals surface area contributed by atoms with Crippen LogP contribution in [-0.4, -0.2) is 34.8 Å². The number of hydrogen-bond donors (Lipinski definition) is 0. The summed E-state index contributed by atoms with van der Waals surface area (Å²) in [7, 11) is 3.05. The van der Waals surface area contributed by atoms with E-state index in [0.29, 0.717) is 4.68 Å². The third-order valence-corrected chi connectivity index (χ3v) is 1.21. The fourth-order valence-electron chi connectivity index (χ4n) is 0.682. The van der Waals surface area contributed by atoms with Gasteiger partial charge in [-0.3, -0.25) is 0 Å². The summed E-state index contributed by atoms with van der Waals surface area (Å²) in [5.74, 6) is -0.582. The van der Waals surface area contributed by atoms with E-state index in [4.69, 9.17) is 0 Å². The first-order chi connectivity index (χ1) is 5.52. The van der Waals surface area contributed by atoms with Crippen molar-refractivity contribution in [3.63, 3.8) is 0 Å². The molecule has 0 N–H and O–H groups in total. The second kappa shape index (κ2) is 3.88. The second-order valence-corrected chi connectivity index (χ2v) is 2.48. The molecule has 1 aromatic rings. The van der Waals surface area contributed by atoms with Gasteiger partial charge in [0.25, 0.3) is 0 Å². The molecule has 0 saturated heterocycles. The van der Waals surface area contributed by atoms with Gasteiger partial charge in [0.05, 0.1) is 0 Å². The van der Waals surface area contributed by atoms with Gasteiger partial charge in [-0.1, -0.05) is 7.43 Å². The summed E-state index contributed by atoms with van der Waals surface area (Å²) in [4.78, 5) is 23.3. The van der Waals surface area contributed by atoms with Crippen molar-refractivity contribution in [2.75, 3.05) is 14.1 Å². The van der Waals surface area contributed by atoms with Crippen LogP contribution in [0.1, 0.15) is 13.3 Å². The van der Waals surface area contributed by atoms with Crippen molar-refractivity contribution in [2.45, 2.75) is 14.4 Å². The molecule has 0 aliphatic carbocycles. The van der Waals surface area contributed by atoms with E-state index in [0.717, 1.165) is 0 Å². The van der Waals surface area contributed by atoms with E-state index in [-0.39, 0.29) is 13.3 Å². The van der Waals surface area contributed by atoms with Crippen molar-refractivity contribution in [3.8, 4) is 0 Å². The molecule has 0 fully saturated rings. The summed E-state index contributed by atoms with van der Waals surface area (Å²) in [5, 5.41) is 3.58. The molecule has 1 heterocycles. The molecule has 1 amide bonds. The molecule has 0 bridgehead atoms. The van der Waals surface area contributed by atoms with Gasteiger partial charge in [0.15, 0.2) is 0 Å². The molecule has 0 aromatic carbocycles. The Morgan fingerprint density at radius 1 is 1.54 bits per heavy atom. The van der Waals surface area contributed by atoms with E-state index in [1.165, 1.54) is 25.9 Å². The monoisotopic (exact) mass is 187 g/mol. The van der Waals surface area contributed by atoms with Gasteiger partial charge in [0.2, 0.25) is 5.89 Å². The van der Waals surface area contributed by atoms with Crippen LogP contribution in [0.3, 0.4) is 0 Å². The third kappa shape index (κ3) is 2.17. The van der Waals surface area contributed by atoms with E-state index < -0.39 is 11.8 Å². The summed E-state index contributed by atoms with van der Waals surface area (Å²) < 4.78 is 5.21. The number of rotatable bonds is 0. The molecule has 0 radical (unpaired) electrons. The van der Waals surface area contributed by atoms with Crippen molar-refractivity contribution >= 4 is 6.03 Å². The van der Waals surface area contributed by atoms with Crippen LogP contribution in [0.25, 0.3) is 0 Å². The number of aryl methyl sites for hydroxylation is 1. The molecule has 0 atom stereocenters. The molecule has 74 valence electrons. The molecular formula is C7H13N3O3. The maximum absolute atomic E-state index is 11.1. The highest BCUT2D eigenvalue weighted by atomic mass is 16.4. The highest BCUT2D eigenvalue weighted by Crippen LogP contribution is 1.88. The van der Waals surface area contributed by atoms with Crippen LogP contribution in [-0.2, 0) is 0 Å². The Morgan fingerprint density at radius 2 is 2.08 bits per heavy atom. The molecule has 13 heavy (non-hydrogen) atoms. The van der Waals surface area contributed by atoms with Gasteiger partial charge < -0.3 is 9.32 Å². The molecule has 0 aliphatic heterocycles.